The molecule has 1 fully saturated rings. The van der Waals surface area contributed by atoms with Crippen LogP contribution in [0.3, 0.4) is 0 Å². The van der Waals surface area contributed by atoms with Crippen LogP contribution in [0, 0.1) is 6.92 Å². The van der Waals surface area contributed by atoms with Crippen LogP contribution in [-0.2, 0) is 25.8 Å². The molecule has 3 aromatic rings. The normalized spacial score (nSPS) is 17.3. The molecule has 37 heavy (non-hydrogen) atoms. The van der Waals surface area contributed by atoms with Crippen molar-refractivity contribution in [2.45, 2.75) is 78.3 Å². The Morgan fingerprint density at radius 2 is 1.70 bits per heavy atom. The van der Waals surface area contributed by atoms with E-state index in [-0.39, 0.29) is 5.91 Å². The van der Waals surface area contributed by atoms with Gasteiger partial charge in [-0.15, -0.1) is 0 Å². The van der Waals surface area contributed by atoms with Crippen LogP contribution in [0.4, 0.5) is 0 Å². The molecule has 4 heteroatoms. The number of nitrogens with zero attached hydrogens (tertiary/aromatic N) is 3. The zero-order valence-electron chi connectivity index (χ0n) is 23.0. The highest BCUT2D eigenvalue weighted by Gasteiger charge is 2.28. The highest BCUT2D eigenvalue weighted by atomic mass is 16.2. The first kappa shape index (κ1) is 25.7. The third kappa shape index (κ3) is 5.09. The van der Waals surface area contributed by atoms with Crippen LogP contribution in [0.25, 0.3) is 11.3 Å². The molecule has 194 valence electrons. The second kappa shape index (κ2) is 11.2. The smallest absolute Gasteiger partial charge is 0.254 e. The molecule has 0 radical (unpaired) electrons. The largest absolute Gasteiger partial charge is 0.339 e. The van der Waals surface area contributed by atoms with E-state index in [0.29, 0.717) is 6.04 Å². The van der Waals surface area contributed by atoms with E-state index < -0.39 is 0 Å². The molecule has 0 saturated carbocycles. The summed E-state index contributed by atoms with van der Waals surface area (Å²) in [6.07, 6.45) is 7.60. The van der Waals surface area contributed by atoms with Gasteiger partial charge >= 0.3 is 0 Å². The van der Waals surface area contributed by atoms with E-state index in [2.05, 4.69) is 81.2 Å². The van der Waals surface area contributed by atoms with Gasteiger partial charge in [-0.2, -0.15) is 0 Å². The highest BCUT2D eigenvalue weighted by molar-refractivity contribution is 5.97. The molecule has 0 N–H and O–H groups in total. The molecular weight excluding hydrogens is 454 g/mol. The van der Waals surface area contributed by atoms with E-state index in [1.807, 2.05) is 4.90 Å². The molecule has 1 unspecified atom stereocenters. The Bertz CT molecular complexity index is 1250. The fourth-order valence-electron chi connectivity index (χ4n) is 6.43. The van der Waals surface area contributed by atoms with Crippen molar-refractivity contribution in [1.29, 1.82) is 0 Å². The summed E-state index contributed by atoms with van der Waals surface area (Å²) in [6.45, 7) is 8.93. The topological polar surface area (TPSA) is 36.4 Å². The molecule has 1 aromatic heterocycles. The van der Waals surface area contributed by atoms with E-state index in [1.165, 1.54) is 34.2 Å². The Morgan fingerprint density at radius 1 is 1.00 bits per heavy atom. The number of aryl methyl sites for hydroxylation is 4. The van der Waals surface area contributed by atoms with Crippen LogP contribution in [0.2, 0.25) is 0 Å². The fraction of sp³-hybridized carbons (Fsp3) is 0.455. The second-order valence-electron chi connectivity index (χ2n) is 10.8. The number of hydrogen-bond acceptors (Lipinski definition) is 3. The lowest BCUT2D eigenvalue weighted by atomic mass is 9.86. The number of aromatic nitrogens is 1. The molecule has 1 amide bonds. The molecule has 0 bridgehead atoms. The van der Waals surface area contributed by atoms with Crippen molar-refractivity contribution < 1.29 is 4.79 Å². The number of carbonyl (C=O) groups excluding carboxylic acids is 1. The molecule has 0 spiro atoms. The zero-order valence-corrected chi connectivity index (χ0v) is 23.0. The summed E-state index contributed by atoms with van der Waals surface area (Å²) in [5.41, 5.74) is 10.6. The zero-order chi connectivity index (χ0) is 25.9. The minimum atomic E-state index is 0.170. The molecule has 1 aliphatic carbocycles. The minimum absolute atomic E-state index is 0.170. The summed E-state index contributed by atoms with van der Waals surface area (Å²) in [4.78, 5) is 23.6. The maximum absolute atomic E-state index is 13.9. The summed E-state index contributed by atoms with van der Waals surface area (Å²) >= 11 is 0. The summed E-state index contributed by atoms with van der Waals surface area (Å²) < 4.78 is 0. The van der Waals surface area contributed by atoms with Crippen LogP contribution in [0.5, 0.6) is 0 Å². The highest BCUT2D eigenvalue weighted by Crippen LogP contribution is 2.36. The molecule has 1 aliphatic heterocycles. The van der Waals surface area contributed by atoms with Gasteiger partial charge in [0.05, 0.1) is 5.69 Å². The lowest BCUT2D eigenvalue weighted by Gasteiger charge is -2.34. The van der Waals surface area contributed by atoms with Gasteiger partial charge in [0.1, 0.15) is 0 Å². The SMILES string of the molecule is CCc1cccc(CC)c1-c1cc(C(=O)N2CCCC2)c(CN(C)C2CCCc3ccccc32)c(C)n1. The first-order chi connectivity index (χ1) is 18.0. The number of rotatable bonds is 7. The van der Waals surface area contributed by atoms with E-state index in [4.69, 9.17) is 4.98 Å². The van der Waals surface area contributed by atoms with Crippen molar-refractivity contribution in [2.24, 2.45) is 0 Å². The number of benzene rings is 2. The Kier molecular flexibility index (Phi) is 7.76. The van der Waals surface area contributed by atoms with Gasteiger partial charge in [0.25, 0.3) is 5.91 Å². The van der Waals surface area contributed by atoms with E-state index >= 15 is 0 Å². The molecule has 2 aliphatic rings. The number of likely N-dealkylation sites (tertiary alicyclic amines) is 1. The van der Waals surface area contributed by atoms with Crippen LogP contribution in [0.15, 0.2) is 48.5 Å². The van der Waals surface area contributed by atoms with Crippen LogP contribution in [-0.4, -0.2) is 40.8 Å². The number of pyridine rings is 1. The number of hydrogen-bond donors (Lipinski definition) is 0. The van der Waals surface area contributed by atoms with Crippen molar-refractivity contribution in [3.63, 3.8) is 0 Å². The van der Waals surface area contributed by atoms with E-state index in [1.54, 1.807) is 0 Å². The quantitative estimate of drug-likeness (QED) is 0.357. The number of fused-ring (bicyclic) bond motifs is 1. The molecule has 4 nitrogen and oxygen atoms in total. The maximum atomic E-state index is 13.9. The Balaban J connectivity index is 1.58. The lowest BCUT2D eigenvalue weighted by molar-refractivity contribution is 0.0789. The van der Waals surface area contributed by atoms with Crippen LogP contribution in [0.1, 0.15) is 89.4 Å². The van der Waals surface area contributed by atoms with E-state index in [0.717, 1.165) is 80.7 Å². The Hall–Kier alpha value is -2.98. The lowest BCUT2D eigenvalue weighted by Crippen LogP contribution is -2.32. The van der Waals surface area contributed by atoms with Gasteiger partial charge in [-0.1, -0.05) is 56.3 Å². The predicted molar refractivity (Wildman–Crippen MR) is 152 cm³/mol. The summed E-state index contributed by atoms with van der Waals surface area (Å²) in [6, 6.07) is 17.9. The molecule has 1 saturated heterocycles. The van der Waals surface area contributed by atoms with Crippen molar-refractivity contribution in [3.05, 3.63) is 87.6 Å². The predicted octanol–water partition coefficient (Wildman–Crippen LogP) is 6.93. The standard InChI is InChI=1S/C33H41N3O/c1-5-24-14-11-15-25(6-2)32(24)30-21-28(33(37)36-19-9-10-20-36)29(23(3)34-30)22-35(4)31-18-12-16-26-13-7-8-17-27(26)31/h7-8,11,13-15,17,21,31H,5-6,9-10,12,16,18-20,22H2,1-4H3. The summed E-state index contributed by atoms with van der Waals surface area (Å²) in [5, 5.41) is 0. The van der Waals surface area contributed by atoms with Crippen molar-refractivity contribution in [3.8, 4) is 11.3 Å². The monoisotopic (exact) mass is 495 g/mol. The van der Waals surface area contributed by atoms with Gasteiger partial charge in [-0.3, -0.25) is 14.7 Å². The first-order valence-corrected chi connectivity index (χ1v) is 14.2. The van der Waals surface area contributed by atoms with Crippen LogP contribution < -0.4 is 0 Å². The van der Waals surface area contributed by atoms with Crippen molar-refractivity contribution in [2.75, 3.05) is 20.1 Å². The summed E-state index contributed by atoms with van der Waals surface area (Å²) in [7, 11) is 2.21. The van der Waals surface area contributed by atoms with Gasteiger partial charge in [0, 0.05) is 48.1 Å². The van der Waals surface area contributed by atoms with E-state index in [9.17, 15) is 4.79 Å². The third-order valence-corrected chi connectivity index (χ3v) is 8.49. The summed E-state index contributed by atoms with van der Waals surface area (Å²) in [5.74, 6) is 0.170. The Morgan fingerprint density at radius 3 is 2.41 bits per heavy atom. The van der Waals surface area contributed by atoms with Crippen molar-refractivity contribution >= 4 is 5.91 Å². The van der Waals surface area contributed by atoms with Crippen molar-refractivity contribution in [1.82, 2.24) is 14.8 Å². The van der Waals surface area contributed by atoms with Gasteiger partial charge < -0.3 is 4.90 Å². The van der Waals surface area contributed by atoms with Gasteiger partial charge in [0.2, 0.25) is 0 Å². The fourth-order valence-corrected chi connectivity index (χ4v) is 6.43. The minimum Gasteiger partial charge on any atom is -0.339 e. The number of carbonyl (C=O) groups is 1. The average Bonchev–Trinajstić information content (AvgIpc) is 3.48. The first-order valence-electron chi connectivity index (χ1n) is 14.2. The maximum Gasteiger partial charge on any atom is 0.254 e. The van der Waals surface area contributed by atoms with Gasteiger partial charge in [0.15, 0.2) is 0 Å². The molecular formula is C33H41N3O. The third-order valence-electron chi connectivity index (χ3n) is 8.49. The Labute approximate surface area is 222 Å². The second-order valence-corrected chi connectivity index (χ2v) is 10.8. The molecule has 2 heterocycles. The molecule has 5 rings (SSSR count). The van der Waals surface area contributed by atoms with Crippen LogP contribution >= 0.6 is 0 Å². The molecule has 1 atom stereocenters. The average molecular weight is 496 g/mol. The number of amides is 1. The van der Waals surface area contributed by atoms with Gasteiger partial charge in [-0.05, 0) is 87.2 Å². The van der Waals surface area contributed by atoms with Gasteiger partial charge in [-0.25, -0.2) is 0 Å². The molecule has 2 aromatic carbocycles.